The van der Waals surface area contributed by atoms with Crippen molar-refractivity contribution < 1.29 is 9.84 Å². The molecule has 0 amide bonds. The maximum Gasteiger partial charge on any atom is 0.0789 e. The number of hydrogen-bond donors (Lipinski definition) is 1. The quantitative estimate of drug-likeness (QED) is 0.839. The van der Waals surface area contributed by atoms with Gasteiger partial charge in [0.05, 0.1) is 17.8 Å². The fourth-order valence-corrected chi connectivity index (χ4v) is 3.77. The molecule has 0 radical (unpaired) electrons. The molecule has 2 saturated heterocycles. The highest BCUT2D eigenvalue weighted by atomic mass is 16.5. The first-order valence-corrected chi connectivity index (χ1v) is 7.61. The second-order valence-electron chi connectivity index (χ2n) is 7.14. The van der Waals surface area contributed by atoms with Crippen LogP contribution in [-0.2, 0) is 4.74 Å². The van der Waals surface area contributed by atoms with Gasteiger partial charge in [-0.15, -0.1) is 0 Å². The second kappa shape index (κ2) is 5.68. The van der Waals surface area contributed by atoms with Gasteiger partial charge in [-0.25, -0.2) is 0 Å². The van der Waals surface area contributed by atoms with E-state index in [2.05, 4.69) is 37.5 Å². The molecule has 19 heavy (non-hydrogen) atoms. The van der Waals surface area contributed by atoms with Crippen LogP contribution in [0.25, 0.3) is 0 Å². The van der Waals surface area contributed by atoms with Gasteiger partial charge in [0, 0.05) is 25.7 Å². The van der Waals surface area contributed by atoms with Crippen molar-refractivity contribution in [2.45, 2.75) is 57.8 Å². The summed E-state index contributed by atoms with van der Waals surface area (Å²) in [6, 6.07) is 0.511. The lowest BCUT2D eigenvalue weighted by molar-refractivity contribution is -0.0802. The minimum Gasteiger partial charge on any atom is -0.395 e. The molecule has 0 saturated carbocycles. The zero-order valence-corrected chi connectivity index (χ0v) is 13.0. The first kappa shape index (κ1) is 15.2. The molecule has 4 heteroatoms. The Labute approximate surface area is 117 Å². The third-order valence-corrected chi connectivity index (χ3v) is 4.51. The van der Waals surface area contributed by atoms with Crippen molar-refractivity contribution in [3.63, 3.8) is 0 Å². The van der Waals surface area contributed by atoms with Crippen molar-refractivity contribution in [3.05, 3.63) is 0 Å². The van der Waals surface area contributed by atoms with E-state index in [9.17, 15) is 0 Å². The lowest BCUT2D eigenvalue weighted by Gasteiger charge is -2.35. The van der Waals surface area contributed by atoms with E-state index in [1.165, 1.54) is 6.42 Å². The maximum absolute atomic E-state index is 9.06. The summed E-state index contributed by atoms with van der Waals surface area (Å²) in [4.78, 5) is 4.97. The van der Waals surface area contributed by atoms with Crippen LogP contribution < -0.4 is 0 Å². The number of aliphatic hydroxyl groups is 1. The Bertz CT molecular complexity index is 305. The molecule has 0 aromatic carbocycles. The Morgan fingerprint density at radius 1 is 1.11 bits per heavy atom. The molecule has 0 aromatic rings. The van der Waals surface area contributed by atoms with E-state index < -0.39 is 0 Å². The molecular weight excluding hydrogens is 240 g/mol. The molecule has 2 rings (SSSR count). The Hall–Kier alpha value is -0.160. The maximum atomic E-state index is 9.06. The summed E-state index contributed by atoms with van der Waals surface area (Å²) in [5.74, 6) is 0. The van der Waals surface area contributed by atoms with E-state index in [0.29, 0.717) is 6.04 Å². The molecule has 2 aliphatic rings. The molecule has 112 valence electrons. The lowest BCUT2D eigenvalue weighted by atomic mass is 9.93. The number of hydrogen-bond acceptors (Lipinski definition) is 4. The molecule has 1 N–H and O–H groups in total. The molecule has 1 atom stereocenters. The van der Waals surface area contributed by atoms with E-state index in [1.807, 2.05) is 0 Å². The first-order chi connectivity index (χ1) is 8.84. The van der Waals surface area contributed by atoms with Crippen LogP contribution in [0.15, 0.2) is 0 Å². The number of nitrogens with zero attached hydrogens (tertiary/aromatic N) is 2. The minimum absolute atomic E-state index is 0.00867. The molecule has 1 unspecified atom stereocenters. The fraction of sp³-hybridized carbons (Fsp3) is 1.00. The number of aliphatic hydroxyl groups excluding tert-OH is 1. The zero-order chi connectivity index (χ0) is 14.1. The van der Waals surface area contributed by atoms with Crippen molar-refractivity contribution in [3.8, 4) is 0 Å². The van der Waals surface area contributed by atoms with Crippen LogP contribution in [0.4, 0.5) is 0 Å². The van der Waals surface area contributed by atoms with Crippen LogP contribution in [0.1, 0.15) is 40.5 Å². The number of ether oxygens (including phenoxy) is 1. The predicted molar refractivity (Wildman–Crippen MR) is 77.4 cm³/mol. The van der Waals surface area contributed by atoms with E-state index >= 15 is 0 Å². The van der Waals surface area contributed by atoms with Gasteiger partial charge in [0.25, 0.3) is 0 Å². The van der Waals surface area contributed by atoms with E-state index in [0.717, 1.165) is 39.1 Å². The minimum atomic E-state index is -0.0599. The van der Waals surface area contributed by atoms with Gasteiger partial charge in [0.1, 0.15) is 0 Å². The van der Waals surface area contributed by atoms with Crippen molar-refractivity contribution in [2.24, 2.45) is 0 Å². The van der Waals surface area contributed by atoms with Crippen molar-refractivity contribution in [1.82, 2.24) is 9.80 Å². The van der Waals surface area contributed by atoms with Gasteiger partial charge in [-0.2, -0.15) is 0 Å². The number of rotatable bonds is 3. The molecule has 0 bridgehead atoms. The largest absolute Gasteiger partial charge is 0.395 e. The number of β-amino-alcohol motifs (C(OH)–C–C–N with tert-alkyl or cyclic N) is 1. The molecule has 2 heterocycles. The third-order valence-electron chi connectivity index (χ3n) is 4.51. The van der Waals surface area contributed by atoms with Gasteiger partial charge in [-0.3, -0.25) is 9.80 Å². The van der Waals surface area contributed by atoms with E-state index in [4.69, 9.17) is 9.84 Å². The van der Waals surface area contributed by atoms with Crippen molar-refractivity contribution in [2.75, 3.05) is 39.3 Å². The van der Waals surface area contributed by atoms with Crippen LogP contribution in [0.3, 0.4) is 0 Å². The summed E-state index contributed by atoms with van der Waals surface area (Å²) in [6.07, 6.45) is 2.30. The van der Waals surface area contributed by atoms with E-state index in [-0.39, 0.29) is 17.8 Å². The normalized spacial score (nSPS) is 32.4. The molecule has 2 aliphatic heterocycles. The van der Waals surface area contributed by atoms with Gasteiger partial charge < -0.3 is 9.84 Å². The van der Waals surface area contributed by atoms with Crippen molar-refractivity contribution >= 4 is 0 Å². The molecule has 2 fully saturated rings. The second-order valence-corrected chi connectivity index (χ2v) is 7.14. The third kappa shape index (κ3) is 3.69. The zero-order valence-electron chi connectivity index (χ0n) is 13.0. The summed E-state index contributed by atoms with van der Waals surface area (Å²) in [6.45, 7) is 14.3. The highest BCUT2D eigenvalue weighted by Gasteiger charge is 2.48. The van der Waals surface area contributed by atoms with Crippen LogP contribution in [0.2, 0.25) is 0 Å². The molecular formula is C15H30N2O2. The van der Waals surface area contributed by atoms with Crippen molar-refractivity contribution in [1.29, 1.82) is 0 Å². The van der Waals surface area contributed by atoms with Crippen LogP contribution in [0, 0.1) is 0 Å². The van der Waals surface area contributed by atoms with Crippen LogP contribution in [-0.4, -0.2) is 71.5 Å². The predicted octanol–water partition coefficient (Wildman–Crippen LogP) is 1.33. The van der Waals surface area contributed by atoms with Gasteiger partial charge in [0.2, 0.25) is 0 Å². The Balaban J connectivity index is 1.98. The monoisotopic (exact) mass is 270 g/mol. The van der Waals surface area contributed by atoms with Gasteiger partial charge in [-0.05, 0) is 53.6 Å². The van der Waals surface area contributed by atoms with Crippen LogP contribution >= 0.6 is 0 Å². The molecule has 4 nitrogen and oxygen atoms in total. The average Bonchev–Trinajstić information content (AvgIpc) is 2.46. The lowest BCUT2D eigenvalue weighted by Crippen LogP contribution is -2.47. The summed E-state index contributed by atoms with van der Waals surface area (Å²) in [5, 5.41) is 9.06. The Morgan fingerprint density at radius 2 is 1.84 bits per heavy atom. The molecule has 0 spiro atoms. The summed E-state index contributed by atoms with van der Waals surface area (Å²) >= 11 is 0. The summed E-state index contributed by atoms with van der Waals surface area (Å²) in [7, 11) is 0. The Kier molecular flexibility index (Phi) is 4.56. The SMILES string of the molecule is CC1(C)CC(N2CCCN(CCO)CC2)C(C)(C)O1. The summed E-state index contributed by atoms with van der Waals surface area (Å²) in [5.41, 5.74) is -0.0685. The van der Waals surface area contributed by atoms with E-state index in [1.54, 1.807) is 0 Å². The van der Waals surface area contributed by atoms with Crippen LogP contribution in [0.5, 0.6) is 0 Å². The fourth-order valence-electron chi connectivity index (χ4n) is 3.77. The first-order valence-electron chi connectivity index (χ1n) is 7.61. The average molecular weight is 270 g/mol. The molecule has 0 aromatic heterocycles. The highest BCUT2D eigenvalue weighted by Crippen LogP contribution is 2.40. The highest BCUT2D eigenvalue weighted by molar-refractivity contribution is 5.00. The molecule has 0 aliphatic carbocycles. The smallest absolute Gasteiger partial charge is 0.0789 e. The Morgan fingerprint density at radius 3 is 2.42 bits per heavy atom. The van der Waals surface area contributed by atoms with Gasteiger partial charge in [-0.1, -0.05) is 0 Å². The summed E-state index contributed by atoms with van der Waals surface area (Å²) < 4.78 is 6.22. The van der Waals surface area contributed by atoms with Gasteiger partial charge >= 0.3 is 0 Å². The standard InChI is InChI=1S/C15H30N2O2/c1-14(2)12-13(15(3,4)19-14)17-7-5-6-16(8-9-17)10-11-18/h13,18H,5-12H2,1-4H3. The van der Waals surface area contributed by atoms with Gasteiger partial charge in [0.15, 0.2) is 0 Å². The topological polar surface area (TPSA) is 35.9 Å².